The quantitative estimate of drug-likeness (QED) is 0.597. The van der Waals surface area contributed by atoms with E-state index in [1.165, 1.54) is 5.56 Å². The van der Waals surface area contributed by atoms with E-state index in [9.17, 15) is 4.79 Å². The van der Waals surface area contributed by atoms with Crippen molar-refractivity contribution in [2.45, 2.75) is 26.4 Å². The molecule has 3 aromatic rings. The number of thiazole rings is 1. The Kier molecular flexibility index (Phi) is 5.92. The number of hydrogen-bond donors (Lipinski definition) is 0. The van der Waals surface area contributed by atoms with Gasteiger partial charge < -0.3 is 14.4 Å². The van der Waals surface area contributed by atoms with Crippen molar-refractivity contribution < 1.29 is 14.3 Å². The summed E-state index contributed by atoms with van der Waals surface area (Å²) in [7, 11) is 4.07. The van der Waals surface area contributed by atoms with Crippen LogP contribution in [0.15, 0.2) is 36.4 Å². The van der Waals surface area contributed by atoms with Crippen molar-refractivity contribution in [3.8, 4) is 11.5 Å². The summed E-state index contributed by atoms with van der Waals surface area (Å²) < 4.78 is 12.9. The van der Waals surface area contributed by atoms with Gasteiger partial charge in [-0.2, -0.15) is 0 Å². The molecule has 0 N–H and O–H groups in total. The predicted octanol–water partition coefficient (Wildman–Crippen LogP) is 4.04. The van der Waals surface area contributed by atoms with E-state index in [2.05, 4.69) is 30.9 Å². The fourth-order valence-electron chi connectivity index (χ4n) is 3.49. The Bertz CT molecular complexity index is 1060. The van der Waals surface area contributed by atoms with Crippen LogP contribution in [0.2, 0.25) is 0 Å². The molecule has 0 fully saturated rings. The maximum absolute atomic E-state index is 13.5. The first kappa shape index (κ1) is 20.6. The topological polar surface area (TPSA) is 54.9 Å². The highest BCUT2D eigenvalue weighted by Gasteiger charge is 2.33. The van der Waals surface area contributed by atoms with Gasteiger partial charge in [-0.1, -0.05) is 29.5 Å². The molecule has 30 heavy (non-hydrogen) atoms. The van der Waals surface area contributed by atoms with Gasteiger partial charge in [-0.25, -0.2) is 4.98 Å². The molecule has 2 aromatic carbocycles. The van der Waals surface area contributed by atoms with Crippen LogP contribution >= 0.6 is 11.3 Å². The number of para-hydroxylation sites is 2. The molecule has 1 amide bonds. The summed E-state index contributed by atoms with van der Waals surface area (Å²) in [6, 6.07) is 11.6. The van der Waals surface area contributed by atoms with Crippen molar-refractivity contribution in [2.75, 3.05) is 38.7 Å². The summed E-state index contributed by atoms with van der Waals surface area (Å²) >= 11 is 1.55. The molecule has 2 heterocycles. The van der Waals surface area contributed by atoms with Crippen molar-refractivity contribution in [1.82, 2.24) is 9.88 Å². The van der Waals surface area contributed by atoms with Crippen LogP contribution in [-0.2, 0) is 4.79 Å². The molecule has 1 aromatic heterocycles. The van der Waals surface area contributed by atoms with Crippen LogP contribution in [0, 0.1) is 13.8 Å². The van der Waals surface area contributed by atoms with Crippen LogP contribution in [0.4, 0.5) is 5.13 Å². The Balaban J connectivity index is 1.63. The van der Waals surface area contributed by atoms with Crippen LogP contribution in [0.1, 0.15) is 17.5 Å². The monoisotopic (exact) mass is 425 g/mol. The van der Waals surface area contributed by atoms with Crippen LogP contribution in [0.5, 0.6) is 11.5 Å². The molecule has 0 saturated heterocycles. The Morgan fingerprint density at radius 1 is 1.13 bits per heavy atom. The first-order valence-corrected chi connectivity index (χ1v) is 11.0. The third kappa shape index (κ3) is 4.13. The van der Waals surface area contributed by atoms with Gasteiger partial charge in [0.25, 0.3) is 5.91 Å². The van der Waals surface area contributed by atoms with Crippen LogP contribution < -0.4 is 14.4 Å². The van der Waals surface area contributed by atoms with Gasteiger partial charge in [-0.05, 0) is 70.2 Å². The molecule has 0 aliphatic carbocycles. The second kappa shape index (κ2) is 8.62. The highest BCUT2D eigenvalue weighted by molar-refractivity contribution is 7.22. The summed E-state index contributed by atoms with van der Waals surface area (Å²) in [4.78, 5) is 22.2. The van der Waals surface area contributed by atoms with Crippen molar-refractivity contribution in [1.29, 1.82) is 0 Å². The molecule has 1 aliphatic heterocycles. The first-order chi connectivity index (χ1) is 14.4. The molecule has 158 valence electrons. The zero-order valence-electron chi connectivity index (χ0n) is 17.8. The number of anilines is 1. The molecule has 0 bridgehead atoms. The summed E-state index contributed by atoms with van der Waals surface area (Å²) in [5, 5.41) is 0.713. The van der Waals surface area contributed by atoms with Gasteiger partial charge in [0, 0.05) is 6.54 Å². The average molecular weight is 426 g/mol. The van der Waals surface area contributed by atoms with Gasteiger partial charge >= 0.3 is 0 Å². The lowest BCUT2D eigenvalue weighted by molar-refractivity contribution is -0.127. The maximum Gasteiger partial charge on any atom is 0.273 e. The smallest absolute Gasteiger partial charge is 0.273 e. The van der Waals surface area contributed by atoms with Crippen LogP contribution in [0.3, 0.4) is 0 Å². The molecular weight excluding hydrogens is 398 g/mol. The van der Waals surface area contributed by atoms with Gasteiger partial charge in [-0.3, -0.25) is 9.69 Å². The van der Waals surface area contributed by atoms with Crippen LogP contribution in [0.25, 0.3) is 10.2 Å². The highest BCUT2D eigenvalue weighted by Crippen LogP contribution is 2.34. The van der Waals surface area contributed by atoms with E-state index in [1.54, 1.807) is 16.2 Å². The lowest BCUT2D eigenvalue weighted by Crippen LogP contribution is -2.47. The van der Waals surface area contributed by atoms with Gasteiger partial charge in [0.05, 0.1) is 10.2 Å². The van der Waals surface area contributed by atoms with Gasteiger partial charge in [0.15, 0.2) is 16.6 Å². The number of nitrogens with zero attached hydrogens (tertiary/aromatic N) is 3. The average Bonchev–Trinajstić information content (AvgIpc) is 3.17. The van der Waals surface area contributed by atoms with E-state index in [-0.39, 0.29) is 12.5 Å². The molecule has 0 radical (unpaired) electrons. The number of carbonyl (C=O) groups is 1. The molecular formula is C23H27N3O3S. The number of aryl methyl sites for hydroxylation is 2. The standard InChI is InChI=1S/C23H27N3O3S/c1-15-10-11-20-21(16(15)2)24-23(30-20)26(13-7-12-25(3)4)22(27)19-14-28-17-8-5-6-9-18(17)29-19/h5-6,8-11,19H,7,12-14H2,1-4H3/t19-/m0/s1. The number of aromatic nitrogens is 1. The molecule has 6 nitrogen and oxygen atoms in total. The number of amides is 1. The number of benzene rings is 2. The SMILES string of the molecule is Cc1ccc2sc(N(CCCN(C)C)C(=O)[C@@H]3COc4ccccc4O3)nc2c1C. The molecule has 1 atom stereocenters. The first-order valence-electron chi connectivity index (χ1n) is 10.2. The lowest BCUT2D eigenvalue weighted by Gasteiger charge is -2.29. The molecule has 1 aliphatic rings. The van der Waals surface area contributed by atoms with Gasteiger partial charge in [0.1, 0.15) is 6.61 Å². The number of hydrogen-bond acceptors (Lipinski definition) is 6. The summed E-state index contributed by atoms with van der Waals surface area (Å²) in [5.74, 6) is 1.16. The zero-order valence-corrected chi connectivity index (χ0v) is 18.7. The molecule has 0 saturated carbocycles. The normalized spacial score (nSPS) is 15.6. The van der Waals surface area contributed by atoms with Gasteiger partial charge in [0.2, 0.25) is 6.10 Å². The van der Waals surface area contributed by atoms with Crippen molar-refractivity contribution in [2.24, 2.45) is 0 Å². The minimum Gasteiger partial charge on any atom is -0.485 e. The fourth-order valence-corrected chi connectivity index (χ4v) is 4.55. The Morgan fingerprint density at radius 3 is 2.67 bits per heavy atom. The molecule has 4 rings (SSSR count). The molecule has 0 unspecified atom stereocenters. The summed E-state index contributed by atoms with van der Waals surface area (Å²) in [6.45, 7) is 5.82. The van der Waals surface area contributed by atoms with E-state index < -0.39 is 6.10 Å². The predicted molar refractivity (Wildman–Crippen MR) is 121 cm³/mol. The summed E-state index contributed by atoms with van der Waals surface area (Å²) in [5.41, 5.74) is 3.32. The minimum atomic E-state index is -0.686. The van der Waals surface area contributed by atoms with Crippen molar-refractivity contribution in [3.05, 3.63) is 47.5 Å². The third-order valence-corrected chi connectivity index (χ3v) is 6.39. The Hall–Kier alpha value is -2.64. The van der Waals surface area contributed by atoms with E-state index in [0.29, 0.717) is 23.2 Å². The van der Waals surface area contributed by atoms with E-state index in [4.69, 9.17) is 14.5 Å². The van der Waals surface area contributed by atoms with E-state index >= 15 is 0 Å². The Morgan fingerprint density at radius 2 is 1.90 bits per heavy atom. The van der Waals surface area contributed by atoms with Crippen molar-refractivity contribution >= 4 is 32.6 Å². The zero-order chi connectivity index (χ0) is 21.3. The lowest BCUT2D eigenvalue weighted by atomic mass is 10.1. The van der Waals surface area contributed by atoms with Gasteiger partial charge in [-0.15, -0.1) is 0 Å². The number of carbonyl (C=O) groups excluding carboxylic acids is 1. The van der Waals surface area contributed by atoms with E-state index in [0.717, 1.165) is 28.7 Å². The maximum atomic E-state index is 13.5. The van der Waals surface area contributed by atoms with Crippen LogP contribution in [-0.4, -0.2) is 55.7 Å². The minimum absolute atomic E-state index is 0.114. The second-order valence-corrected chi connectivity index (χ2v) is 8.87. The van der Waals surface area contributed by atoms with E-state index in [1.807, 2.05) is 38.4 Å². The number of rotatable bonds is 6. The third-order valence-electron chi connectivity index (χ3n) is 5.34. The number of ether oxygens (including phenoxy) is 2. The number of fused-ring (bicyclic) bond motifs is 2. The van der Waals surface area contributed by atoms with Crippen molar-refractivity contribution in [3.63, 3.8) is 0 Å². The second-order valence-electron chi connectivity index (χ2n) is 7.86. The molecule has 0 spiro atoms. The Labute approximate surface area is 181 Å². The highest BCUT2D eigenvalue weighted by atomic mass is 32.1. The summed E-state index contributed by atoms with van der Waals surface area (Å²) in [6.07, 6.45) is 0.158. The molecule has 7 heteroatoms. The fraction of sp³-hybridized carbons (Fsp3) is 0.391. The largest absolute Gasteiger partial charge is 0.485 e.